The first-order valence-electron chi connectivity index (χ1n) is 16.6. The van der Waals surface area contributed by atoms with Crippen molar-refractivity contribution in [1.29, 1.82) is 0 Å². The lowest BCUT2D eigenvalue weighted by Crippen LogP contribution is -2.13. The molecule has 4 rings (SSSR count). The van der Waals surface area contributed by atoms with Gasteiger partial charge in [0.2, 0.25) is 13.6 Å². The molecule has 0 amide bonds. The number of unbranched alkanes of at least 4 members (excludes halogenated alkanes) is 4. The maximum absolute atomic E-state index is 16.4. The summed E-state index contributed by atoms with van der Waals surface area (Å²) in [5.74, 6) is -0.759. The van der Waals surface area contributed by atoms with Gasteiger partial charge >= 0.3 is 11.9 Å². The number of benzene rings is 4. The Hall–Kier alpha value is -5.25. The highest BCUT2D eigenvalue weighted by Crippen LogP contribution is 2.35. The van der Waals surface area contributed by atoms with Gasteiger partial charge in [-0.15, -0.1) is 0 Å². The van der Waals surface area contributed by atoms with Crippen molar-refractivity contribution < 1.29 is 43.1 Å². The molecule has 0 bridgehead atoms. The number of hydrogen-bond acceptors (Lipinski definition) is 8. The number of esters is 2. The van der Waals surface area contributed by atoms with E-state index in [4.69, 9.17) is 29.2 Å². The molecule has 50 heavy (non-hydrogen) atoms. The Morgan fingerprint density at radius 3 is 1.52 bits per heavy atom. The van der Waals surface area contributed by atoms with Gasteiger partial charge in [-0.25, -0.2) is 14.0 Å². The topological polar surface area (TPSA) is 112 Å². The normalized spacial score (nSPS) is 10.7. The molecule has 0 aliphatic rings. The largest absolute Gasteiger partial charge is 0.457 e. The molecule has 262 valence electrons. The van der Waals surface area contributed by atoms with Gasteiger partial charge in [0, 0.05) is 5.56 Å². The van der Waals surface area contributed by atoms with Crippen molar-refractivity contribution in [3.8, 4) is 44.9 Å². The van der Waals surface area contributed by atoms with Crippen LogP contribution in [-0.4, -0.2) is 49.0 Å². The van der Waals surface area contributed by atoms with Crippen molar-refractivity contribution in [1.82, 2.24) is 0 Å². The van der Waals surface area contributed by atoms with Crippen molar-refractivity contribution >= 4 is 11.9 Å². The Labute approximate surface area is 292 Å². The fourth-order valence-electron chi connectivity index (χ4n) is 5.22. The minimum absolute atomic E-state index is 0.0474. The molecule has 4 aromatic carbocycles. The second kappa shape index (κ2) is 19.1. The molecule has 0 saturated heterocycles. The second-order valence-corrected chi connectivity index (χ2v) is 11.7. The number of aliphatic hydroxyl groups is 2. The van der Waals surface area contributed by atoms with Gasteiger partial charge in [-0.05, 0) is 70.5 Å². The maximum atomic E-state index is 16.4. The summed E-state index contributed by atoms with van der Waals surface area (Å²) in [7, 11) is 0. The van der Waals surface area contributed by atoms with Crippen LogP contribution in [0.3, 0.4) is 0 Å². The number of halogens is 1. The minimum Gasteiger partial charge on any atom is -0.457 e. The number of ether oxygens (including phenoxy) is 4. The Morgan fingerprint density at radius 2 is 1.02 bits per heavy atom. The summed E-state index contributed by atoms with van der Waals surface area (Å²) in [6.45, 7) is 7.38. The fraction of sp³-hybridized carbons (Fsp3) is 0.268. The Kier molecular flexibility index (Phi) is 14.3. The molecule has 0 aliphatic carbocycles. The SMILES string of the molecule is C=C(CO)C(=O)OCOc1ccc(-c2ccc(-c3ccc(-c4ccc(OCOC(=O)C(=C)CO)cc4)c(F)c3CCCCCCC)cc2)cc1. The third kappa shape index (κ3) is 10.4. The Bertz CT molecular complexity index is 1750. The average Bonchev–Trinajstić information content (AvgIpc) is 3.15. The standard InChI is InChI=1S/C41H43FO8/c1-4-5-6-7-8-9-38-36(22-23-37(39(38)42)33-16-20-35(21-17-33)48-27-50-41(46)29(3)25-44)32-12-10-30(11-13-32)31-14-18-34(19-15-31)47-26-49-40(45)28(2)24-43/h10-23,43-44H,2-9,24-27H2,1H3. The summed E-state index contributed by atoms with van der Waals surface area (Å²) in [6.07, 6.45) is 5.91. The number of carbonyl (C=O) groups excluding carboxylic acids is 2. The quantitative estimate of drug-likeness (QED) is 0.0441. The van der Waals surface area contributed by atoms with Gasteiger partial charge in [0.25, 0.3) is 0 Å². The van der Waals surface area contributed by atoms with Crippen molar-refractivity contribution in [2.75, 3.05) is 26.8 Å². The summed E-state index contributed by atoms with van der Waals surface area (Å²) < 4.78 is 37.2. The lowest BCUT2D eigenvalue weighted by Gasteiger charge is -2.16. The lowest BCUT2D eigenvalue weighted by atomic mass is 9.90. The zero-order chi connectivity index (χ0) is 35.9. The molecule has 0 saturated carbocycles. The van der Waals surface area contributed by atoms with Crippen LogP contribution in [0.2, 0.25) is 0 Å². The van der Waals surface area contributed by atoms with Crippen LogP contribution in [0, 0.1) is 5.82 Å². The summed E-state index contributed by atoms with van der Waals surface area (Å²) in [4.78, 5) is 23.3. The van der Waals surface area contributed by atoms with Crippen LogP contribution in [0.1, 0.15) is 44.6 Å². The van der Waals surface area contributed by atoms with Crippen LogP contribution in [0.5, 0.6) is 11.5 Å². The van der Waals surface area contributed by atoms with E-state index in [1.807, 2.05) is 42.5 Å². The van der Waals surface area contributed by atoms with Crippen LogP contribution in [0.4, 0.5) is 4.39 Å². The molecular formula is C41H43FO8. The van der Waals surface area contributed by atoms with Gasteiger partial charge < -0.3 is 29.2 Å². The predicted octanol–water partition coefficient (Wildman–Crippen LogP) is 8.20. The van der Waals surface area contributed by atoms with Gasteiger partial charge in [-0.1, -0.05) is 106 Å². The highest BCUT2D eigenvalue weighted by atomic mass is 19.1. The van der Waals surface area contributed by atoms with Crippen molar-refractivity contribution in [2.45, 2.75) is 45.4 Å². The molecule has 2 N–H and O–H groups in total. The second-order valence-electron chi connectivity index (χ2n) is 11.7. The number of carbonyl (C=O) groups is 2. The lowest BCUT2D eigenvalue weighted by molar-refractivity contribution is -0.146. The van der Waals surface area contributed by atoms with Crippen LogP contribution < -0.4 is 9.47 Å². The van der Waals surface area contributed by atoms with Crippen LogP contribution in [0.25, 0.3) is 33.4 Å². The molecule has 8 nitrogen and oxygen atoms in total. The molecule has 0 fully saturated rings. The first-order valence-corrected chi connectivity index (χ1v) is 16.6. The Morgan fingerprint density at radius 1 is 0.600 bits per heavy atom. The van der Waals surface area contributed by atoms with E-state index in [9.17, 15) is 9.59 Å². The molecule has 0 atom stereocenters. The molecule has 0 unspecified atom stereocenters. The van der Waals surface area contributed by atoms with Gasteiger partial charge in [-0.2, -0.15) is 0 Å². The van der Waals surface area contributed by atoms with E-state index < -0.39 is 25.2 Å². The van der Waals surface area contributed by atoms with E-state index in [0.29, 0.717) is 34.6 Å². The van der Waals surface area contributed by atoms with E-state index in [1.54, 1.807) is 42.5 Å². The summed E-state index contributed by atoms with van der Waals surface area (Å²) >= 11 is 0. The first-order chi connectivity index (χ1) is 24.2. The van der Waals surface area contributed by atoms with Crippen LogP contribution in [0.15, 0.2) is 109 Å². The zero-order valence-electron chi connectivity index (χ0n) is 28.3. The zero-order valence-corrected chi connectivity index (χ0v) is 28.3. The fourth-order valence-corrected chi connectivity index (χ4v) is 5.22. The van der Waals surface area contributed by atoms with Crippen molar-refractivity contribution in [3.05, 3.63) is 121 Å². The molecular weight excluding hydrogens is 639 g/mol. The molecule has 0 radical (unpaired) electrons. The van der Waals surface area contributed by atoms with E-state index >= 15 is 4.39 Å². The monoisotopic (exact) mass is 682 g/mol. The molecule has 0 aromatic heterocycles. The summed E-state index contributed by atoms with van der Waals surface area (Å²) in [5, 5.41) is 17.9. The molecule has 0 spiro atoms. The minimum atomic E-state index is -0.742. The van der Waals surface area contributed by atoms with Gasteiger partial charge in [0.1, 0.15) is 17.3 Å². The van der Waals surface area contributed by atoms with Gasteiger partial charge in [-0.3, -0.25) is 0 Å². The van der Waals surface area contributed by atoms with Crippen LogP contribution >= 0.6 is 0 Å². The smallest absolute Gasteiger partial charge is 0.338 e. The van der Waals surface area contributed by atoms with E-state index in [1.165, 1.54) is 0 Å². The molecule has 4 aromatic rings. The first kappa shape index (κ1) is 37.6. The summed E-state index contributed by atoms with van der Waals surface area (Å²) in [5.41, 5.74) is 5.42. The van der Waals surface area contributed by atoms with Gasteiger partial charge in [0.15, 0.2) is 0 Å². The van der Waals surface area contributed by atoms with Crippen molar-refractivity contribution in [3.63, 3.8) is 0 Å². The number of hydrogen-bond donors (Lipinski definition) is 2. The third-order valence-corrected chi connectivity index (χ3v) is 8.11. The highest BCUT2D eigenvalue weighted by Gasteiger charge is 2.17. The summed E-state index contributed by atoms with van der Waals surface area (Å²) in [6, 6.07) is 26.0. The number of aliphatic hydroxyl groups excluding tert-OH is 2. The third-order valence-electron chi connectivity index (χ3n) is 8.11. The van der Waals surface area contributed by atoms with Crippen LogP contribution in [-0.2, 0) is 25.5 Å². The van der Waals surface area contributed by atoms with E-state index in [0.717, 1.165) is 54.4 Å². The van der Waals surface area contributed by atoms with E-state index in [2.05, 4.69) is 20.1 Å². The number of rotatable bonds is 19. The molecule has 0 heterocycles. The molecule has 0 aliphatic heterocycles. The van der Waals surface area contributed by atoms with Gasteiger partial charge in [0.05, 0.1) is 24.4 Å². The molecule has 9 heteroatoms. The Balaban J connectivity index is 1.49. The predicted molar refractivity (Wildman–Crippen MR) is 191 cm³/mol. The van der Waals surface area contributed by atoms with Crippen molar-refractivity contribution in [2.24, 2.45) is 0 Å². The maximum Gasteiger partial charge on any atom is 0.338 e. The highest BCUT2D eigenvalue weighted by molar-refractivity contribution is 5.88. The average molecular weight is 683 g/mol. The van der Waals surface area contributed by atoms with E-state index in [-0.39, 0.29) is 30.5 Å².